The Morgan fingerprint density at radius 2 is 1.76 bits per heavy atom. The number of anilines is 2. The molecular weight excluding hydrogens is 386 g/mol. The van der Waals surface area contributed by atoms with Gasteiger partial charge in [0.25, 0.3) is 0 Å². The monoisotopic (exact) mass is 415 g/mol. The highest BCUT2D eigenvalue weighted by Gasteiger charge is 2.30. The summed E-state index contributed by atoms with van der Waals surface area (Å²) in [5.41, 5.74) is 3.64. The van der Waals surface area contributed by atoms with E-state index < -0.39 is 5.54 Å². The SMILES string of the molecule is CCC(CC)(NC(=O)Nc1ccc(N2CCOCC2)cc1C)c1ccc(Cl)cc1. The molecule has 2 amide bonds. The van der Waals surface area contributed by atoms with E-state index in [1.165, 1.54) is 0 Å². The van der Waals surface area contributed by atoms with Gasteiger partial charge < -0.3 is 20.3 Å². The first-order valence-electron chi connectivity index (χ1n) is 10.3. The predicted molar refractivity (Wildman–Crippen MR) is 120 cm³/mol. The molecule has 0 spiro atoms. The zero-order valence-electron chi connectivity index (χ0n) is 17.4. The average molecular weight is 416 g/mol. The lowest BCUT2D eigenvalue weighted by atomic mass is 9.85. The summed E-state index contributed by atoms with van der Waals surface area (Å²) in [6.45, 7) is 9.48. The normalized spacial score (nSPS) is 14.6. The number of halogens is 1. The van der Waals surface area contributed by atoms with Gasteiger partial charge in [0.05, 0.1) is 18.8 Å². The van der Waals surface area contributed by atoms with Crippen LogP contribution in [0.4, 0.5) is 16.2 Å². The van der Waals surface area contributed by atoms with Crippen molar-refractivity contribution in [2.45, 2.75) is 39.2 Å². The summed E-state index contributed by atoms with van der Waals surface area (Å²) in [7, 11) is 0. The van der Waals surface area contributed by atoms with E-state index in [1.54, 1.807) is 0 Å². The number of morpholine rings is 1. The lowest BCUT2D eigenvalue weighted by Crippen LogP contribution is -2.47. The highest BCUT2D eigenvalue weighted by atomic mass is 35.5. The van der Waals surface area contributed by atoms with Crippen LogP contribution in [-0.2, 0) is 10.3 Å². The van der Waals surface area contributed by atoms with E-state index in [0.29, 0.717) is 5.02 Å². The minimum absolute atomic E-state index is 0.203. The summed E-state index contributed by atoms with van der Waals surface area (Å²) in [6, 6.07) is 13.6. The van der Waals surface area contributed by atoms with Crippen molar-refractivity contribution in [2.24, 2.45) is 0 Å². The summed E-state index contributed by atoms with van der Waals surface area (Å²) in [5.74, 6) is 0. The number of hydrogen-bond acceptors (Lipinski definition) is 3. The molecule has 0 unspecified atom stereocenters. The molecule has 1 fully saturated rings. The quantitative estimate of drug-likeness (QED) is 0.671. The topological polar surface area (TPSA) is 53.6 Å². The van der Waals surface area contributed by atoms with Crippen LogP contribution in [-0.4, -0.2) is 32.3 Å². The fraction of sp³-hybridized carbons (Fsp3) is 0.435. The van der Waals surface area contributed by atoms with Crippen LogP contribution in [0.2, 0.25) is 5.02 Å². The summed E-state index contributed by atoms with van der Waals surface area (Å²) in [4.78, 5) is 15.2. The number of carbonyl (C=O) groups is 1. The van der Waals surface area contributed by atoms with Crippen molar-refractivity contribution in [3.05, 3.63) is 58.6 Å². The number of ether oxygens (including phenoxy) is 1. The van der Waals surface area contributed by atoms with Gasteiger partial charge in [-0.15, -0.1) is 0 Å². The van der Waals surface area contributed by atoms with Crippen molar-refractivity contribution in [3.8, 4) is 0 Å². The fourth-order valence-electron chi connectivity index (χ4n) is 3.85. The summed E-state index contributed by atoms with van der Waals surface area (Å²) < 4.78 is 5.42. The third-order valence-electron chi connectivity index (χ3n) is 5.79. The third-order valence-corrected chi connectivity index (χ3v) is 6.04. The Morgan fingerprint density at radius 3 is 2.34 bits per heavy atom. The summed E-state index contributed by atoms with van der Waals surface area (Å²) in [5, 5.41) is 6.92. The maximum Gasteiger partial charge on any atom is 0.319 e. The number of urea groups is 1. The van der Waals surface area contributed by atoms with E-state index in [2.05, 4.69) is 41.5 Å². The summed E-state index contributed by atoms with van der Waals surface area (Å²) >= 11 is 6.04. The maximum absolute atomic E-state index is 12.8. The Kier molecular flexibility index (Phi) is 7.04. The van der Waals surface area contributed by atoms with Crippen molar-refractivity contribution < 1.29 is 9.53 Å². The molecule has 0 atom stereocenters. The van der Waals surface area contributed by atoms with Crippen molar-refractivity contribution in [1.29, 1.82) is 0 Å². The number of nitrogens with one attached hydrogen (secondary N) is 2. The van der Waals surface area contributed by atoms with Gasteiger partial charge in [0, 0.05) is 29.5 Å². The maximum atomic E-state index is 12.8. The van der Waals surface area contributed by atoms with Crippen LogP contribution in [0, 0.1) is 6.92 Å². The number of benzene rings is 2. The number of nitrogens with zero attached hydrogens (tertiary/aromatic N) is 1. The van der Waals surface area contributed by atoms with E-state index in [-0.39, 0.29) is 6.03 Å². The van der Waals surface area contributed by atoms with E-state index in [0.717, 1.165) is 61.6 Å². The Bertz CT molecular complexity index is 829. The lowest BCUT2D eigenvalue weighted by molar-refractivity contribution is 0.122. The zero-order chi connectivity index (χ0) is 20.9. The number of aryl methyl sites for hydroxylation is 1. The van der Waals surface area contributed by atoms with Gasteiger partial charge in [-0.2, -0.15) is 0 Å². The van der Waals surface area contributed by atoms with Crippen LogP contribution in [0.25, 0.3) is 0 Å². The molecule has 5 nitrogen and oxygen atoms in total. The Labute approximate surface area is 178 Å². The molecule has 0 aromatic heterocycles. The lowest BCUT2D eigenvalue weighted by Gasteiger charge is -2.34. The van der Waals surface area contributed by atoms with Gasteiger partial charge in [-0.1, -0.05) is 37.6 Å². The predicted octanol–water partition coefficient (Wildman–Crippen LogP) is 5.32. The molecule has 1 saturated heterocycles. The molecule has 2 N–H and O–H groups in total. The molecule has 0 saturated carbocycles. The van der Waals surface area contributed by atoms with Crippen LogP contribution in [0.5, 0.6) is 0 Å². The largest absolute Gasteiger partial charge is 0.378 e. The highest BCUT2D eigenvalue weighted by Crippen LogP contribution is 2.30. The minimum atomic E-state index is -0.434. The molecule has 3 rings (SSSR count). The molecule has 0 bridgehead atoms. The van der Waals surface area contributed by atoms with E-state index >= 15 is 0 Å². The van der Waals surface area contributed by atoms with E-state index in [1.807, 2.05) is 37.3 Å². The van der Waals surface area contributed by atoms with Gasteiger partial charge in [0.2, 0.25) is 0 Å². The fourth-order valence-corrected chi connectivity index (χ4v) is 3.98. The number of carbonyl (C=O) groups excluding carboxylic acids is 1. The average Bonchev–Trinajstić information content (AvgIpc) is 2.75. The van der Waals surface area contributed by atoms with Crippen molar-refractivity contribution in [3.63, 3.8) is 0 Å². The third kappa shape index (κ3) is 5.03. The highest BCUT2D eigenvalue weighted by molar-refractivity contribution is 6.30. The molecule has 1 aliphatic rings. The molecule has 1 heterocycles. The molecule has 0 aliphatic carbocycles. The van der Waals surface area contributed by atoms with Gasteiger partial charge in [-0.3, -0.25) is 0 Å². The molecule has 6 heteroatoms. The Hall–Kier alpha value is -2.24. The molecular formula is C23H30ClN3O2. The first-order chi connectivity index (χ1) is 14.0. The molecule has 0 radical (unpaired) electrons. The van der Waals surface area contributed by atoms with E-state index in [4.69, 9.17) is 16.3 Å². The Morgan fingerprint density at radius 1 is 1.10 bits per heavy atom. The van der Waals surface area contributed by atoms with Gasteiger partial charge in [0.15, 0.2) is 0 Å². The zero-order valence-corrected chi connectivity index (χ0v) is 18.2. The second-order valence-electron chi connectivity index (χ2n) is 7.47. The second kappa shape index (κ2) is 9.51. The standard InChI is InChI=1S/C23H30ClN3O2/c1-4-23(5-2,18-6-8-19(24)9-7-18)26-22(28)25-21-11-10-20(16-17(21)3)27-12-14-29-15-13-27/h6-11,16H,4-5,12-15H2,1-3H3,(H2,25,26,28). The van der Waals surface area contributed by atoms with Gasteiger partial charge in [-0.05, 0) is 61.2 Å². The second-order valence-corrected chi connectivity index (χ2v) is 7.91. The smallest absolute Gasteiger partial charge is 0.319 e. The molecule has 156 valence electrons. The first kappa shape index (κ1) is 21.5. The van der Waals surface area contributed by atoms with Crippen molar-refractivity contribution in [2.75, 3.05) is 36.5 Å². The van der Waals surface area contributed by atoms with Crippen LogP contribution < -0.4 is 15.5 Å². The van der Waals surface area contributed by atoms with Gasteiger partial charge in [0.1, 0.15) is 0 Å². The van der Waals surface area contributed by atoms with E-state index in [9.17, 15) is 4.79 Å². The van der Waals surface area contributed by atoms with Crippen LogP contribution in [0.15, 0.2) is 42.5 Å². The molecule has 2 aromatic rings. The Balaban J connectivity index is 1.72. The number of hydrogen-bond donors (Lipinski definition) is 2. The first-order valence-corrected chi connectivity index (χ1v) is 10.6. The molecule has 2 aromatic carbocycles. The van der Waals surface area contributed by atoms with Crippen molar-refractivity contribution in [1.82, 2.24) is 5.32 Å². The van der Waals surface area contributed by atoms with Crippen LogP contribution in [0.1, 0.15) is 37.8 Å². The molecule has 1 aliphatic heterocycles. The van der Waals surface area contributed by atoms with Crippen molar-refractivity contribution >= 4 is 29.0 Å². The summed E-state index contributed by atoms with van der Waals surface area (Å²) in [6.07, 6.45) is 1.57. The number of rotatable bonds is 6. The molecule has 29 heavy (non-hydrogen) atoms. The van der Waals surface area contributed by atoms with Crippen LogP contribution in [0.3, 0.4) is 0 Å². The van der Waals surface area contributed by atoms with Gasteiger partial charge in [-0.25, -0.2) is 4.79 Å². The van der Waals surface area contributed by atoms with Gasteiger partial charge >= 0.3 is 6.03 Å². The number of amides is 2. The van der Waals surface area contributed by atoms with Crippen LogP contribution >= 0.6 is 11.6 Å². The minimum Gasteiger partial charge on any atom is -0.378 e.